The maximum Gasteiger partial charge on any atom is 0.338 e. The number of hydrogen-bond acceptors (Lipinski definition) is 10. The molecule has 0 saturated carbocycles. The Balaban J connectivity index is 1.06. The van der Waals surface area contributed by atoms with Gasteiger partial charge in [-0.2, -0.15) is 0 Å². The van der Waals surface area contributed by atoms with Gasteiger partial charge in [-0.3, -0.25) is 0 Å². The van der Waals surface area contributed by atoms with Gasteiger partial charge in [-0.15, -0.1) is 0 Å². The molecule has 0 aliphatic carbocycles. The van der Waals surface area contributed by atoms with E-state index in [0.29, 0.717) is 64.0 Å². The molecule has 2 saturated heterocycles. The van der Waals surface area contributed by atoms with Crippen molar-refractivity contribution < 1.29 is 47.5 Å². The summed E-state index contributed by atoms with van der Waals surface area (Å²) in [6.07, 6.45) is 0. The summed E-state index contributed by atoms with van der Waals surface area (Å²) in [6.45, 7) is 11.3. The quantitative estimate of drug-likeness (QED) is 0.178. The van der Waals surface area contributed by atoms with Crippen LogP contribution in [-0.4, -0.2) is 104 Å². The second kappa shape index (κ2) is 16.1. The second-order valence-electron chi connectivity index (χ2n) is 11.4. The van der Waals surface area contributed by atoms with Gasteiger partial charge in [0.25, 0.3) is 0 Å². The van der Waals surface area contributed by atoms with Crippen LogP contribution < -0.4 is 0 Å². The van der Waals surface area contributed by atoms with Gasteiger partial charge in [0.2, 0.25) is 0 Å². The Hall–Kier alpha value is -2.86. The molecule has 2 aromatic rings. The van der Waals surface area contributed by atoms with Crippen molar-refractivity contribution in [3.05, 3.63) is 59.7 Å². The molecule has 0 radical (unpaired) electrons. The van der Waals surface area contributed by atoms with Crippen molar-refractivity contribution in [2.24, 2.45) is 10.8 Å². The molecule has 0 unspecified atom stereocenters. The Bertz CT molecular complexity index is 1020. The van der Waals surface area contributed by atoms with E-state index in [-0.39, 0.29) is 24.0 Å². The standard InChI is InChI=1S/C32H42O10/c1-31(21-39-22-31)19-37-13-11-35-15-17-41-29(33)27-7-3-25(4-8-27)26-5-9-28(10-6-26)30(34)42-18-16-36-12-14-38-20-32(2)23-40-24-32/h3-10H,11-24H2,1-2H3. The van der Waals surface area contributed by atoms with Gasteiger partial charge in [0, 0.05) is 10.8 Å². The third-order valence-corrected chi connectivity index (χ3v) is 6.94. The molecule has 2 fully saturated rings. The van der Waals surface area contributed by atoms with Crippen LogP contribution in [0.15, 0.2) is 48.5 Å². The lowest BCUT2D eigenvalue weighted by Gasteiger charge is -2.37. The number of ether oxygens (including phenoxy) is 8. The molecule has 42 heavy (non-hydrogen) atoms. The number of hydrogen-bond donors (Lipinski definition) is 0. The van der Waals surface area contributed by atoms with E-state index in [2.05, 4.69) is 13.8 Å². The number of rotatable bonds is 19. The minimum Gasteiger partial charge on any atom is -0.460 e. The summed E-state index contributed by atoms with van der Waals surface area (Å²) >= 11 is 0. The molecule has 0 N–H and O–H groups in total. The average Bonchev–Trinajstić information content (AvgIpc) is 2.98. The minimum atomic E-state index is -0.410. The summed E-state index contributed by atoms with van der Waals surface area (Å²) < 4.78 is 43.1. The zero-order valence-corrected chi connectivity index (χ0v) is 24.6. The van der Waals surface area contributed by atoms with Crippen molar-refractivity contribution >= 4 is 11.9 Å². The zero-order chi connectivity index (χ0) is 29.7. The van der Waals surface area contributed by atoms with Crippen LogP contribution in [0.2, 0.25) is 0 Å². The Morgan fingerprint density at radius 3 is 1.21 bits per heavy atom. The molecule has 2 aliphatic rings. The van der Waals surface area contributed by atoms with Gasteiger partial charge in [-0.25, -0.2) is 9.59 Å². The number of esters is 2. The van der Waals surface area contributed by atoms with E-state index < -0.39 is 11.9 Å². The fraction of sp³-hybridized carbons (Fsp3) is 0.562. The van der Waals surface area contributed by atoms with Crippen LogP contribution in [0.3, 0.4) is 0 Å². The van der Waals surface area contributed by atoms with E-state index in [1.807, 2.05) is 24.3 Å². The van der Waals surface area contributed by atoms with Crippen LogP contribution in [-0.2, 0) is 37.9 Å². The van der Waals surface area contributed by atoms with Gasteiger partial charge in [0.15, 0.2) is 0 Å². The minimum absolute atomic E-state index is 0.124. The van der Waals surface area contributed by atoms with Crippen molar-refractivity contribution in [1.29, 1.82) is 0 Å². The first-order valence-corrected chi connectivity index (χ1v) is 14.4. The number of carbonyl (C=O) groups excluding carboxylic acids is 2. The van der Waals surface area contributed by atoms with Crippen LogP contribution >= 0.6 is 0 Å². The van der Waals surface area contributed by atoms with Gasteiger partial charge in [0.1, 0.15) is 13.2 Å². The lowest BCUT2D eigenvalue weighted by molar-refractivity contribution is -0.141. The summed E-state index contributed by atoms with van der Waals surface area (Å²) in [6, 6.07) is 14.2. The Labute approximate surface area is 247 Å². The molecule has 10 heteroatoms. The molecule has 0 atom stereocenters. The first kappa shape index (κ1) is 32.1. The molecule has 0 aromatic heterocycles. The fourth-order valence-corrected chi connectivity index (χ4v) is 4.30. The predicted octanol–water partition coefficient (Wildman–Crippen LogP) is 3.81. The van der Waals surface area contributed by atoms with Crippen molar-refractivity contribution in [2.75, 3.05) is 92.5 Å². The molecular weight excluding hydrogens is 544 g/mol. The highest BCUT2D eigenvalue weighted by molar-refractivity contribution is 5.91. The Morgan fingerprint density at radius 1 is 0.548 bits per heavy atom. The summed E-state index contributed by atoms with van der Waals surface area (Å²) in [4.78, 5) is 24.7. The lowest BCUT2D eigenvalue weighted by Crippen LogP contribution is -2.43. The van der Waals surface area contributed by atoms with Crippen LogP contribution in [0.25, 0.3) is 11.1 Å². The third kappa shape index (κ3) is 10.1. The van der Waals surface area contributed by atoms with Crippen molar-refractivity contribution in [1.82, 2.24) is 0 Å². The van der Waals surface area contributed by atoms with Crippen molar-refractivity contribution in [3.63, 3.8) is 0 Å². The highest BCUT2D eigenvalue weighted by atomic mass is 16.6. The molecule has 2 aromatic carbocycles. The molecule has 230 valence electrons. The van der Waals surface area contributed by atoms with E-state index >= 15 is 0 Å². The molecule has 10 nitrogen and oxygen atoms in total. The summed E-state index contributed by atoms with van der Waals surface area (Å²) in [5, 5.41) is 0. The van der Waals surface area contributed by atoms with Crippen LogP contribution in [0.5, 0.6) is 0 Å². The van der Waals surface area contributed by atoms with Gasteiger partial charge in [-0.05, 0) is 35.4 Å². The zero-order valence-electron chi connectivity index (χ0n) is 24.6. The first-order valence-electron chi connectivity index (χ1n) is 14.4. The first-order chi connectivity index (χ1) is 20.4. The molecule has 2 heterocycles. The molecule has 0 amide bonds. The van der Waals surface area contributed by atoms with E-state index in [9.17, 15) is 9.59 Å². The van der Waals surface area contributed by atoms with Crippen molar-refractivity contribution in [2.45, 2.75) is 13.8 Å². The van der Waals surface area contributed by atoms with Gasteiger partial charge < -0.3 is 37.9 Å². The number of carbonyl (C=O) groups is 2. The highest BCUT2D eigenvalue weighted by Crippen LogP contribution is 2.27. The smallest absolute Gasteiger partial charge is 0.338 e. The Kier molecular flexibility index (Phi) is 12.3. The second-order valence-corrected chi connectivity index (χ2v) is 11.4. The number of benzene rings is 2. The highest BCUT2D eigenvalue weighted by Gasteiger charge is 2.34. The Morgan fingerprint density at radius 2 is 0.881 bits per heavy atom. The summed E-state index contributed by atoms with van der Waals surface area (Å²) in [5.41, 5.74) is 2.97. The maximum absolute atomic E-state index is 12.3. The summed E-state index contributed by atoms with van der Waals surface area (Å²) in [7, 11) is 0. The van der Waals surface area contributed by atoms with Crippen LogP contribution in [0.4, 0.5) is 0 Å². The maximum atomic E-state index is 12.3. The van der Waals surface area contributed by atoms with Crippen molar-refractivity contribution in [3.8, 4) is 11.1 Å². The third-order valence-electron chi connectivity index (χ3n) is 6.94. The van der Waals surface area contributed by atoms with Crippen LogP contribution in [0.1, 0.15) is 34.6 Å². The van der Waals surface area contributed by atoms with Gasteiger partial charge in [0.05, 0.1) is 90.4 Å². The molecule has 0 bridgehead atoms. The molecule has 4 rings (SSSR count). The van der Waals surface area contributed by atoms with E-state index in [1.165, 1.54) is 0 Å². The van der Waals surface area contributed by atoms with Gasteiger partial charge in [-0.1, -0.05) is 38.1 Å². The average molecular weight is 587 g/mol. The van der Waals surface area contributed by atoms with E-state index in [4.69, 9.17) is 37.9 Å². The normalized spacial score (nSPS) is 16.7. The monoisotopic (exact) mass is 586 g/mol. The van der Waals surface area contributed by atoms with Gasteiger partial charge >= 0.3 is 11.9 Å². The van der Waals surface area contributed by atoms with Crippen LogP contribution in [0, 0.1) is 10.8 Å². The lowest BCUT2D eigenvalue weighted by atomic mass is 9.90. The molecule has 2 aliphatic heterocycles. The largest absolute Gasteiger partial charge is 0.460 e. The van der Waals surface area contributed by atoms with E-state index in [1.54, 1.807) is 24.3 Å². The predicted molar refractivity (Wildman–Crippen MR) is 154 cm³/mol. The topological polar surface area (TPSA) is 108 Å². The molecular formula is C32H42O10. The summed E-state index contributed by atoms with van der Waals surface area (Å²) in [5.74, 6) is -0.820. The SMILES string of the molecule is CC1(COCCOCCOC(=O)c2ccc(-c3ccc(C(=O)OCCOCCOCC4(C)COC4)cc3)cc2)COC1. The molecule has 0 spiro atoms. The van der Waals surface area contributed by atoms with E-state index in [0.717, 1.165) is 37.6 Å². The fourth-order valence-electron chi connectivity index (χ4n) is 4.30.